The second-order valence-corrected chi connectivity index (χ2v) is 9.55. The molecule has 0 saturated heterocycles. The van der Waals surface area contributed by atoms with E-state index in [4.69, 9.17) is 9.47 Å². The Bertz CT molecular complexity index is 1140. The van der Waals surface area contributed by atoms with Crippen molar-refractivity contribution >= 4 is 0 Å². The van der Waals surface area contributed by atoms with Gasteiger partial charge in [-0.15, -0.1) is 0 Å². The number of ether oxygens (including phenoxy) is 2. The van der Waals surface area contributed by atoms with Crippen LogP contribution in [0, 0.1) is 11.6 Å². The molecule has 3 atom stereocenters. The van der Waals surface area contributed by atoms with E-state index in [1.54, 1.807) is 18.2 Å². The fourth-order valence-corrected chi connectivity index (χ4v) is 5.05. The maximum Gasteiger partial charge on any atom is 0.126 e. The van der Waals surface area contributed by atoms with Crippen LogP contribution in [0.1, 0.15) is 36.0 Å². The van der Waals surface area contributed by atoms with Gasteiger partial charge in [0.25, 0.3) is 0 Å². The van der Waals surface area contributed by atoms with Crippen molar-refractivity contribution in [1.29, 1.82) is 0 Å². The second-order valence-electron chi connectivity index (χ2n) is 9.55. The lowest BCUT2D eigenvalue weighted by Gasteiger charge is -2.34. The molecule has 5 rings (SSSR count). The molecule has 0 spiro atoms. The van der Waals surface area contributed by atoms with Crippen LogP contribution >= 0.6 is 0 Å². The second kappa shape index (κ2) is 10.8. The Morgan fingerprint density at radius 3 is 2.23 bits per heavy atom. The van der Waals surface area contributed by atoms with Crippen LogP contribution in [0.4, 0.5) is 8.78 Å². The number of halogens is 2. The lowest BCUT2D eigenvalue weighted by Crippen LogP contribution is -2.44. The van der Waals surface area contributed by atoms with E-state index in [-0.39, 0.29) is 23.8 Å². The van der Waals surface area contributed by atoms with Crippen LogP contribution in [0.5, 0.6) is 11.5 Å². The fourth-order valence-electron chi connectivity index (χ4n) is 5.05. The van der Waals surface area contributed by atoms with Crippen LogP contribution in [0.3, 0.4) is 0 Å². The molecule has 0 unspecified atom stereocenters. The average molecular weight is 480 g/mol. The Hall–Kier alpha value is -2.96. The Morgan fingerprint density at radius 2 is 1.51 bits per heavy atom. The van der Waals surface area contributed by atoms with Crippen molar-refractivity contribution < 1.29 is 23.4 Å². The molecule has 1 N–H and O–H groups in total. The molecule has 35 heavy (non-hydrogen) atoms. The molecule has 4 nitrogen and oxygen atoms in total. The maximum atomic E-state index is 13.5. The highest BCUT2D eigenvalue weighted by atomic mass is 19.1. The van der Waals surface area contributed by atoms with Gasteiger partial charge in [0.15, 0.2) is 0 Å². The molecular formula is C29H31F2NO3. The van der Waals surface area contributed by atoms with E-state index in [2.05, 4.69) is 17.0 Å². The molecule has 3 aromatic carbocycles. The van der Waals surface area contributed by atoms with Crippen molar-refractivity contribution in [2.24, 2.45) is 0 Å². The van der Waals surface area contributed by atoms with Crippen LogP contribution < -0.4 is 9.47 Å². The lowest BCUT2D eigenvalue weighted by atomic mass is 9.98. The standard InChI is InChI=1S/C29H31F2NO3/c30-23-8-12-27-21(16-23)6-10-25(34-27)14-15-32(18-20-4-2-1-3-5-20)19-26(33)29-11-7-22-17-24(31)9-13-28(22)35-29/h1-5,8-9,12-13,16-17,25-26,29,33H,6-7,10-11,14-15,18-19H2/t25-,26+,29-/m0/s1. The zero-order valence-electron chi connectivity index (χ0n) is 19.7. The van der Waals surface area contributed by atoms with Crippen molar-refractivity contribution in [2.75, 3.05) is 13.1 Å². The van der Waals surface area contributed by atoms with E-state index in [0.29, 0.717) is 31.7 Å². The van der Waals surface area contributed by atoms with Gasteiger partial charge in [-0.05, 0) is 85.2 Å². The minimum absolute atomic E-state index is 0.0519. The van der Waals surface area contributed by atoms with E-state index in [9.17, 15) is 13.9 Å². The maximum absolute atomic E-state index is 13.5. The summed E-state index contributed by atoms with van der Waals surface area (Å²) in [4.78, 5) is 2.24. The van der Waals surface area contributed by atoms with Gasteiger partial charge < -0.3 is 14.6 Å². The zero-order chi connectivity index (χ0) is 24.2. The third-order valence-corrected chi connectivity index (χ3v) is 6.94. The van der Waals surface area contributed by atoms with Crippen molar-refractivity contribution in [2.45, 2.75) is 57.0 Å². The number of benzene rings is 3. The van der Waals surface area contributed by atoms with Crippen molar-refractivity contribution in [1.82, 2.24) is 4.90 Å². The largest absolute Gasteiger partial charge is 0.490 e. The number of aliphatic hydroxyl groups excluding tert-OH is 1. The van der Waals surface area contributed by atoms with Gasteiger partial charge in [-0.1, -0.05) is 30.3 Å². The number of hydrogen-bond donors (Lipinski definition) is 1. The lowest BCUT2D eigenvalue weighted by molar-refractivity contribution is -0.00205. The van der Waals surface area contributed by atoms with Gasteiger partial charge in [-0.3, -0.25) is 4.90 Å². The van der Waals surface area contributed by atoms with Crippen molar-refractivity contribution in [3.8, 4) is 11.5 Å². The van der Waals surface area contributed by atoms with Crippen LogP contribution in [0.2, 0.25) is 0 Å². The smallest absolute Gasteiger partial charge is 0.126 e. The Kier molecular flexibility index (Phi) is 7.30. The number of hydrogen-bond acceptors (Lipinski definition) is 4. The Balaban J connectivity index is 1.22. The summed E-state index contributed by atoms with van der Waals surface area (Å²) in [7, 11) is 0. The number of fused-ring (bicyclic) bond motifs is 2. The molecule has 2 aliphatic rings. The molecule has 0 saturated carbocycles. The molecule has 6 heteroatoms. The highest BCUT2D eigenvalue weighted by Crippen LogP contribution is 2.31. The number of rotatable bonds is 8. The molecule has 2 heterocycles. The van der Waals surface area contributed by atoms with E-state index in [1.165, 1.54) is 23.8 Å². The fraction of sp³-hybridized carbons (Fsp3) is 0.379. The third kappa shape index (κ3) is 6.00. The van der Waals surface area contributed by atoms with Crippen LogP contribution in [0.15, 0.2) is 66.7 Å². The first-order chi connectivity index (χ1) is 17.0. The SMILES string of the molecule is O[C@H](CN(CC[C@@H]1CCc2cc(F)ccc2O1)Cc1ccccc1)[C@@H]1CCc2cc(F)ccc2O1. The summed E-state index contributed by atoms with van der Waals surface area (Å²) in [6, 6.07) is 19.5. The molecule has 0 fully saturated rings. The molecule has 0 bridgehead atoms. The molecule has 2 aliphatic heterocycles. The van der Waals surface area contributed by atoms with Crippen molar-refractivity contribution in [3.05, 3.63) is 95.1 Å². The van der Waals surface area contributed by atoms with Gasteiger partial charge in [-0.2, -0.15) is 0 Å². The summed E-state index contributed by atoms with van der Waals surface area (Å²) in [5.74, 6) is 0.926. The summed E-state index contributed by atoms with van der Waals surface area (Å²) in [6.07, 6.45) is 2.83. The summed E-state index contributed by atoms with van der Waals surface area (Å²) < 4.78 is 39.2. The minimum Gasteiger partial charge on any atom is -0.490 e. The predicted molar refractivity (Wildman–Crippen MR) is 131 cm³/mol. The van der Waals surface area contributed by atoms with Gasteiger partial charge in [0.1, 0.15) is 41.4 Å². The zero-order valence-corrected chi connectivity index (χ0v) is 19.7. The molecule has 184 valence electrons. The van der Waals surface area contributed by atoms with Crippen LogP contribution in [-0.2, 0) is 19.4 Å². The first-order valence-corrected chi connectivity index (χ1v) is 12.4. The number of aryl methyl sites for hydroxylation is 2. The van der Waals surface area contributed by atoms with Gasteiger partial charge in [0.2, 0.25) is 0 Å². The quantitative estimate of drug-likeness (QED) is 0.476. The highest BCUT2D eigenvalue weighted by molar-refractivity contribution is 5.36. The summed E-state index contributed by atoms with van der Waals surface area (Å²) >= 11 is 0. The molecule has 0 aliphatic carbocycles. The van der Waals surface area contributed by atoms with Gasteiger partial charge in [0.05, 0.1) is 0 Å². The summed E-state index contributed by atoms with van der Waals surface area (Å²) in [5, 5.41) is 11.1. The summed E-state index contributed by atoms with van der Waals surface area (Å²) in [5.41, 5.74) is 2.95. The Morgan fingerprint density at radius 1 is 0.857 bits per heavy atom. The van der Waals surface area contributed by atoms with E-state index in [1.807, 2.05) is 18.2 Å². The van der Waals surface area contributed by atoms with Crippen LogP contribution in [-0.4, -0.2) is 41.4 Å². The number of nitrogens with zero attached hydrogens (tertiary/aromatic N) is 1. The topological polar surface area (TPSA) is 41.9 Å². The molecule has 0 amide bonds. The van der Waals surface area contributed by atoms with Crippen molar-refractivity contribution in [3.63, 3.8) is 0 Å². The van der Waals surface area contributed by atoms with E-state index < -0.39 is 6.10 Å². The minimum atomic E-state index is -0.673. The predicted octanol–water partition coefficient (Wildman–Crippen LogP) is 5.31. The molecule has 0 radical (unpaired) electrons. The Labute approximate surface area is 205 Å². The third-order valence-electron chi connectivity index (χ3n) is 6.94. The first kappa shape index (κ1) is 23.8. The van der Waals surface area contributed by atoms with Gasteiger partial charge >= 0.3 is 0 Å². The molecule has 0 aromatic heterocycles. The van der Waals surface area contributed by atoms with Gasteiger partial charge in [0, 0.05) is 19.6 Å². The average Bonchev–Trinajstić information content (AvgIpc) is 2.87. The number of aliphatic hydroxyl groups is 1. The van der Waals surface area contributed by atoms with E-state index >= 15 is 0 Å². The highest BCUT2D eigenvalue weighted by Gasteiger charge is 2.29. The molecule has 3 aromatic rings. The summed E-state index contributed by atoms with van der Waals surface area (Å²) in [6.45, 7) is 1.92. The molecular weight excluding hydrogens is 448 g/mol. The monoisotopic (exact) mass is 479 g/mol. The van der Waals surface area contributed by atoms with Gasteiger partial charge in [-0.25, -0.2) is 8.78 Å². The van der Waals surface area contributed by atoms with E-state index in [0.717, 1.165) is 42.7 Å². The van der Waals surface area contributed by atoms with Crippen LogP contribution in [0.25, 0.3) is 0 Å². The normalized spacial score (nSPS) is 19.9. The first-order valence-electron chi connectivity index (χ1n) is 12.4.